The number of thiazole rings is 1. The summed E-state index contributed by atoms with van der Waals surface area (Å²) >= 11 is 6.40. The fourth-order valence-electron chi connectivity index (χ4n) is 6.20. The van der Waals surface area contributed by atoms with Gasteiger partial charge >= 0.3 is 0 Å². The van der Waals surface area contributed by atoms with Gasteiger partial charge in [-0.3, -0.25) is 4.55 Å². The Morgan fingerprint density at radius 3 is 2.12 bits per heavy atom. The van der Waals surface area contributed by atoms with Crippen molar-refractivity contribution in [3.05, 3.63) is 58.1 Å². The molecular weight excluding hydrogens is 859 g/mol. The van der Waals surface area contributed by atoms with Crippen LogP contribution >= 0.6 is 46.6 Å². The molecule has 324 valence electrons. The zero-order valence-corrected chi connectivity index (χ0v) is 39.5. The van der Waals surface area contributed by atoms with Crippen LogP contribution in [0.2, 0.25) is 0 Å². The molecule has 0 saturated heterocycles. The molecule has 0 spiro atoms. The Bertz CT molecular complexity index is 2090. The minimum Gasteiger partial charge on any atom is -0.748 e. The third-order valence-corrected chi connectivity index (χ3v) is 14.7. The lowest BCUT2D eigenvalue weighted by atomic mass is 10.1. The number of nitrogens with zero attached hydrogens (tertiary/aromatic N) is 3. The number of thioether (sulfide) groups is 3. The number of benzene rings is 2. The molecule has 58 heavy (non-hydrogen) atoms. The van der Waals surface area contributed by atoms with Gasteiger partial charge in [0, 0.05) is 42.4 Å². The highest BCUT2D eigenvalue weighted by molar-refractivity contribution is 8.03. The number of allylic oxidation sites excluding steroid dienone is 4. The summed E-state index contributed by atoms with van der Waals surface area (Å²) in [5.41, 5.74) is 2.89. The molecule has 0 bridgehead atoms. The number of aromatic nitrogens is 1. The van der Waals surface area contributed by atoms with Gasteiger partial charge in [-0.25, -0.2) is 8.42 Å². The molecule has 0 atom stereocenters. The van der Waals surface area contributed by atoms with Gasteiger partial charge < -0.3 is 28.9 Å². The Hall–Kier alpha value is -2.26. The third kappa shape index (κ3) is 15.6. The third-order valence-electron chi connectivity index (χ3n) is 9.38. The normalized spacial score (nSPS) is 14.2. The fourth-order valence-corrected chi connectivity index (χ4v) is 10.9. The first kappa shape index (κ1) is 50.1. The van der Waals surface area contributed by atoms with E-state index >= 15 is 0 Å². The van der Waals surface area contributed by atoms with Crippen LogP contribution < -0.4 is 18.9 Å². The lowest BCUT2D eigenvalue weighted by Crippen LogP contribution is -2.35. The predicted molar refractivity (Wildman–Crippen MR) is 243 cm³/mol. The molecule has 0 saturated carbocycles. The second kappa shape index (κ2) is 24.9. The fraction of sp³-hybridized carbons (Fsp3) is 0.525. The van der Waals surface area contributed by atoms with E-state index in [-0.39, 0.29) is 18.8 Å². The van der Waals surface area contributed by atoms with Crippen molar-refractivity contribution in [1.29, 1.82) is 0 Å². The number of ether oxygens (including phenoxy) is 2. The van der Waals surface area contributed by atoms with Crippen LogP contribution in [0.3, 0.4) is 0 Å². The summed E-state index contributed by atoms with van der Waals surface area (Å²) in [7, 11) is -5.08. The highest BCUT2D eigenvalue weighted by Crippen LogP contribution is 2.50. The van der Waals surface area contributed by atoms with Gasteiger partial charge in [0.05, 0.1) is 56.7 Å². The van der Waals surface area contributed by atoms with E-state index in [1.54, 1.807) is 60.8 Å². The molecule has 0 radical (unpaired) electrons. The number of unbranched alkanes of at least 4 members (excludes halogenated alkanes) is 2. The first-order valence-corrected chi connectivity index (χ1v) is 26.5. The van der Waals surface area contributed by atoms with Gasteiger partial charge in [0.15, 0.2) is 6.54 Å². The SMILES string of the molecule is CCN(CC)CC.COc1cc2c(cc1SC)S\C(=C/C=C(\C=C\c1sc3cc(SC)c(OC)cc3[n+]1CCCCS(=O)(=O)O)CCCO)N2CCCCS(=O)(=O)[O-]. The topological polar surface area (TPSA) is 161 Å². The minimum atomic E-state index is -4.30. The van der Waals surface area contributed by atoms with E-state index in [4.69, 9.17) is 9.47 Å². The van der Waals surface area contributed by atoms with E-state index in [1.165, 1.54) is 19.6 Å². The highest BCUT2D eigenvalue weighted by atomic mass is 32.2. The number of fused-ring (bicyclic) bond motifs is 2. The van der Waals surface area contributed by atoms with E-state index < -0.39 is 26.0 Å². The Morgan fingerprint density at radius 1 is 0.914 bits per heavy atom. The molecule has 12 nitrogen and oxygen atoms in total. The van der Waals surface area contributed by atoms with E-state index in [1.807, 2.05) is 48.9 Å². The number of anilines is 1. The molecule has 2 aromatic carbocycles. The van der Waals surface area contributed by atoms with Gasteiger partial charge in [-0.2, -0.15) is 13.0 Å². The molecule has 2 N–H and O–H groups in total. The van der Waals surface area contributed by atoms with Crippen LogP contribution in [0, 0.1) is 0 Å². The summed E-state index contributed by atoms with van der Waals surface area (Å²) in [6, 6.07) is 8.17. The van der Waals surface area contributed by atoms with E-state index in [2.05, 4.69) is 47.3 Å². The average molecular weight is 918 g/mol. The summed E-state index contributed by atoms with van der Waals surface area (Å²) in [4.78, 5) is 7.55. The van der Waals surface area contributed by atoms with Crippen molar-refractivity contribution in [2.45, 2.75) is 80.5 Å². The van der Waals surface area contributed by atoms with E-state index in [0.29, 0.717) is 45.2 Å². The van der Waals surface area contributed by atoms with E-state index in [9.17, 15) is 31.0 Å². The van der Waals surface area contributed by atoms with Gasteiger partial charge in [-0.15, -0.1) is 23.5 Å². The van der Waals surface area contributed by atoms with Gasteiger partial charge in [0.25, 0.3) is 15.1 Å². The van der Waals surface area contributed by atoms with Crippen LogP contribution in [0.25, 0.3) is 16.3 Å². The maximum Gasteiger partial charge on any atom is 0.264 e. The number of aliphatic hydroxyl groups excluding tert-OH is 1. The number of aryl methyl sites for hydroxylation is 1. The number of aliphatic hydroxyl groups is 1. The van der Waals surface area contributed by atoms with Crippen molar-refractivity contribution >= 4 is 88.8 Å². The van der Waals surface area contributed by atoms with Crippen molar-refractivity contribution < 1.29 is 45.1 Å². The summed E-state index contributed by atoms with van der Waals surface area (Å²) in [5.74, 6) is 0.788. The molecule has 0 aliphatic carbocycles. The van der Waals surface area contributed by atoms with Gasteiger partial charge in [0.2, 0.25) is 5.52 Å². The highest BCUT2D eigenvalue weighted by Gasteiger charge is 2.27. The Balaban J connectivity index is 0.00000117. The van der Waals surface area contributed by atoms with E-state index in [0.717, 1.165) is 57.7 Å². The lowest BCUT2D eigenvalue weighted by Gasteiger charge is -2.21. The quantitative estimate of drug-likeness (QED) is 0.0308. The standard InChI is InChI=1S/C34H44N2O9S6.C6H15N/c1-44-27-20-25-29(22-31(27)46-3)48-33(35(25)15-5-7-18-50(38,39)40)13-11-24(10-9-17-37)12-14-34-36(16-6-8-19-51(41,42)43)26-21-28(45-2)32(47-4)23-30(26)49-34;1-4-7(5-2)6-3/h11-14,20-23,37H,5-10,15-19H2,1-4H3,(H-,38,39,40,41,42,43);4-6H2,1-3H3. The number of methoxy groups -OCH3 is 2. The first-order chi connectivity index (χ1) is 27.6. The van der Waals surface area contributed by atoms with Crippen molar-refractivity contribution in [3.8, 4) is 11.5 Å². The molecule has 0 fully saturated rings. The molecule has 0 amide bonds. The van der Waals surface area contributed by atoms with Crippen LogP contribution in [-0.4, -0.2) is 107 Å². The summed E-state index contributed by atoms with van der Waals surface area (Å²) in [6.07, 6.45) is 14.9. The molecule has 1 aliphatic heterocycles. The van der Waals surface area contributed by atoms with Gasteiger partial charge in [-0.1, -0.05) is 56.0 Å². The molecule has 0 unspecified atom stereocenters. The number of rotatable bonds is 23. The smallest absolute Gasteiger partial charge is 0.264 e. The second-order valence-corrected chi connectivity index (χ2v) is 20.1. The Labute approximate surface area is 362 Å². The largest absolute Gasteiger partial charge is 0.748 e. The Morgan fingerprint density at radius 2 is 1.55 bits per heavy atom. The van der Waals surface area contributed by atoms with Crippen LogP contribution in [0.1, 0.15) is 64.3 Å². The van der Waals surface area contributed by atoms with Crippen molar-refractivity contribution in [2.24, 2.45) is 0 Å². The maximum atomic E-state index is 11.3. The molecule has 1 aliphatic rings. The zero-order valence-electron chi connectivity index (χ0n) is 34.6. The summed E-state index contributed by atoms with van der Waals surface area (Å²) in [6.45, 7) is 11.2. The molecule has 2 heterocycles. The van der Waals surface area contributed by atoms with Gasteiger partial charge in [-0.05, 0) is 88.0 Å². The first-order valence-electron chi connectivity index (χ1n) is 19.3. The van der Waals surface area contributed by atoms with Crippen molar-refractivity contribution in [2.75, 3.05) is 75.9 Å². The second-order valence-electron chi connectivity index (χ2n) is 13.2. The number of hydrogen-bond acceptors (Lipinski definition) is 14. The van der Waals surface area contributed by atoms with Crippen LogP contribution in [-0.2, 0) is 26.8 Å². The van der Waals surface area contributed by atoms with Gasteiger partial charge in [0.1, 0.15) is 16.2 Å². The Kier molecular flexibility index (Phi) is 21.5. The van der Waals surface area contributed by atoms with Crippen molar-refractivity contribution in [3.63, 3.8) is 0 Å². The van der Waals surface area contributed by atoms with Crippen LogP contribution in [0.15, 0.2) is 67.8 Å². The lowest BCUT2D eigenvalue weighted by molar-refractivity contribution is -0.669. The predicted octanol–water partition coefficient (Wildman–Crippen LogP) is 8.16. The van der Waals surface area contributed by atoms with Crippen LogP contribution in [0.5, 0.6) is 11.5 Å². The zero-order chi connectivity index (χ0) is 42.9. The number of hydrogen-bond donors (Lipinski definition) is 2. The summed E-state index contributed by atoms with van der Waals surface area (Å²) < 4.78 is 80.1. The molecule has 1 aromatic heterocycles. The molecule has 3 aromatic rings. The minimum absolute atomic E-state index is 0.0296. The average Bonchev–Trinajstić information content (AvgIpc) is 3.72. The molecule has 18 heteroatoms. The monoisotopic (exact) mass is 917 g/mol. The molecule has 4 rings (SSSR count). The van der Waals surface area contributed by atoms with Crippen molar-refractivity contribution in [1.82, 2.24) is 4.90 Å². The van der Waals surface area contributed by atoms with Crippen LogP contribution in [0.4, 0.5) is 5.69 Å². The summed E-state index contributed by atoms with van der Waals surface area (Å²) in [5, 5.41) is 11.6. The maximum absolute atomic E-state index is 11.3. The molecular formula is C40H59N3O9S6.